The fraction of sp³-hybridized carbons (Fsp3) is 0.533. The maximum Gasteiger partial charge on any atom is 0.255 e. The van der Waals surface area contributed by atoms with Gasteiger partial charge in [0.1, 0.15) is 5.75 Å². The average molecular weight is 277 g/mol. The highest BCUT2D eigenvalue weighted by Gasteiger charge is 2.23. The minimum Gasteiger partial charge on any atom is -0.507 e. The predicted molar refractivity (Wildman–Crippen MR) is 79.1 cm³/mol. The Morgan fingerprint density at radius 1 is 1.40 bits per heavy atom. The van der Waals surface area contributed by atoms with Gasteiger partial charge in [0.15, 0.2) is 0 Å². The Balaban J connectivity index is 1.94. The molecule has 1 atom stereocenters. The molecule has 0 bridgehead atoms. The number of amides is 1. The first-order valence-corrected chi connectivity index (χ1v) is 6.94. The monoisotopic (exact) mass is 277 g/mol. The minimum atomic E-state index is -0.218. The first-order chi connectivity index (χ1) is 9.47. The van der Waals surface area contributed by atoms with Gasteiger partial charge < -0.3 is 15.3 Å². The third kappa shape index (κ3) is 3.49. The third-order valence-corrected chi connectivity index (χ3v) is 3.88. The second-order valence-electron chi connectivity index (χ2n) is 5.63. The van der Waals surface area contributed by atoms with Crippen molar-refractivity contribution in [3.63, 3.8) is 0 Å². The normalized spacial score (nSPS) is 20.9. The summed E-state index contributed by atoms with van der Waals surface area (Å²) in [7, 11) is 4.17. The Labute approximate surface area is 120 Å². The van der Waals surface area contributed by atoms with Gasteiger partial charge >= 0.3 is 0 Å². The second-order valence-corrected chi connectivity index (χ2v) is 5.63. The number of hydrogen-bond acceptors (Lipinski definition) is 4. The zero-order valence-corrected chi connectivity index (χ0v) is 12.4. The van der Waals surface area contributed by atoms with Crippen molar-refractivity contribution < 1.29 is 9.90 Å². The Kier molecular flexibility index (Phi) is 4.62. The number of phenolic OH excluding ortho intramolecular Hbond substituents is 1. The lowest BCUT2D eigenvalue weighted by Crippen LogP contribution is -2.54. The summed E-state index contributed by atoms with van der Waals surface area (Å²) >= 11 is 0. The molecule has 1 aromatic rings. The van der Waals surface area contributed by atoms with E-state index in [2.05, 4.69) is 29.2 Å². The molecule has 1 amide bonds. The molecule has 2 N–H and O–H groups in total. The summed E-state index contributed by atoms with van der Waals surface area (Å²) in [6.07, 6.45) is 0. The van der Waals surface area contributed by atoms with Gasteiger partial charge in [-0.15, -0.1) is 0 Å². The van der Waals surface area contributed by atoms with Crippen LogP contribution in [0, 0.1) is 6.92 Å². The third-order valence-electron chi connectivity index (χ3n) is 3.88. The molecule has 110 valence electrons. The van der Waals surface area contributed by atoms with Crippen LogP contribution >= 0.6 is 0 Å². The van der Waals surface area contributed by atoms with Crippen LogP contribution in [0.4, 0.5) is 0 Å². The van der Waals surface area contributed by atoms with E-state index in [0.29, 0.717) is 18.2 Å². The van der Waals surface area contributed by atoms with Crippen molar-refractivity contribution in [3.8, 4) is 5.75 Å². The number of aromatic hydroxyl groups is 1. The highest BCUT2D eigenvalue weighted by atomic mass is 16.3. The van der Waals surface area contributed by atoms with Crippen LogP contribution in [0.1, 0.15) is 15.9 Å². The van der Waals surface area contributed by atoms with E-state index in [4.69, 9.17) is 0 Å². The molecule has 0 spiro atoms. The summed E-state index contributed by atoms with van der Waals surface area (Å²) in [6, 6.07) is 5.41. The van der Waals surface area contributed by atoms with Crippen molar-refractivity contribution in [2.75, 3.05) is 40.3 Å². The van der Waals surface area contributed by atoms with Crippen LogP contribution in [-0.2, 0) is 0 Å². The van der Waals surface area contributed by atoms with Crippen LogP contribution in [0.15, 0.2) is 18.2 Å². The number of carbonyl (C=O) groups excluding carboxylic acids is 1. The van der Waals surface area contributed by atoms with Crippen LogP contribution in [0.5, 0.6) is 5.75 Å². The van der Waals surface area contributed by atoms with Crippen molar-refractivity contribution in [2.24, 2.45) is 0 Å². The Morgan fingerprint density at radius 3 is 2.85 bits per heavy atom. The molecule has 0 saturated carbocycles. The van der Waals surface area contributed by atoms with E-state index < -0.39 is 0 Å². The predicted octanol–water partition coefficient (Wildman–Crippen LogP) is 0.676. The maximum absolute atomic E-state index is 12.1. The first-order valence-electron chi connectivity index (χ1n) is 6.94. The molecule has 1 saturated heterocycles. The Bertz CT molecular complexity index is 490. The minimum absolute atomic E-state index is 0.0385. The van der Waals surface area contributed by atoms with E-state index in [1.807, 2.05) is 13.0 Å². The molecule has 5 heteroatoms. The molecule has 1 aliphatic rings. The van der Waals surface area contributed by atoms with Crippen LogP contribution in [0.3, 0.4) is 0 Å². The summed E-state index contributed by atoms with van der Waals surface area (Å²) in [4.78, 5) is 16.6. The van der Waals surface area contributed by atoms with Gasteiger partial charge in [0, 0.05) is 32.2 Å². The number of nitrogens with one attached hydrogen (secondary N) is 1. The van der Waals surface area contributed by atoms with Gasteiger partial charge in [-0.2, -0.15) is 0 Å². The second kappa shape index (κ2) is 6.24. The van der Waals surface area contributed by atoms with Gasteiger partial charge in [-0.1, -0.05) is 6.07 Å². The van der Waals surface area contributed by atoms with E-state index in [9.17, 15) is 9.90 Å². The number of piperazine rings is 1. The van der Waals surface area contributed by atoms with Crippen molar-refractivity contribution in [2.45, 2.75) is 13.0 Å². The Hall–Kier alpha value is -1.59. The van der Waals surface area contributed by atoms with Crippen molar-refractivity contribution in [3.05, 3.63) is 29.3 Å². The molecule has 5 nitrogen and oxygen atoms in total. The quantitative estimate of drug-likeness (QED) is 0.853. The maximum atomic E-state index is 12.1. The molecule has 1 aromatic carbocycles. The number of hydrogen-bond donors (Lipinski definition) is 2. The SMILES string of the molecule is Cc1ccc(C(=O)NCC2CN(C)CCN2C)c(O)c1. The smallest absolute Gasteiger partial charge is 0.255 e. The van der Waals surface area contributed by atoms with Gasteiger partial charge in [0.05, 0.1) is 5.56 Å². The number of likely N-dealkylation sites (N-methyl/N-ethyl adjacent to an activating group) is 2. The van der Waals surface area contributed by atoms with Crippen LogP contribution in [-0.4, -0.2) is 67.1 Å². The van der Waals surface area contributed by atoms with E-state index in [1.54, 1.807) is 12.1 Å². The lowest BCUT2D eigenvalue weighted by Gasteiger charge is -2.37. The van der Waals surface area contributed by atoms with Crippen molar-refractivity contribution in [1.82, 2.24) is 15.1 Å². The van der Waals surface area contributed by atoms with E-state index >= 15 is 0 Å². The highest BCUT2D eigenvalue weighted by Crippen LogP contribution is 2.18. The van der Waals surface area contributed by atoms with Gasteiger partial charge in [0.25, 0.3) is 5.91 Å². The van der Waals surface area contributed by atoms with Crippen molar-refractivity contribution in [1.29, 1.82) is 0 Å². The van der Waals surface area contributed by atoms with Crippen LogP contribution < -0.4 is 5.32 Å². The molecule has 1 fully saturated rings. The molecule has 20 heavy (non-hydrogen) atoms. The molecule has 1 unspecified atom stereocenters. The van der Waals surface area contributed by atoms with Gasteiger partial charge in [-0.05, 0) is 38.7 Å². The lowest BCUT2D eigenvalue weighted by molar-refractivity contribution is 0.0879. The number of benzene rings is 1. The number of aryl methyl sites for hydroxylation is 1. The summed E-state index contributed by atoms with van der Waals surface area (Å²) in [5.41, 5.74) is 1.27. The highest BCUT2D eigenvalue weighted by molar-refractivity contribution is 5.96. The molecule has 1 aliphatic heterocycles. The molecular weight excluding hydrogens is 254 g/mol. The van der Waals surface area contributed by atoms with E-state index in [-0.39, 0.29) is 11.7 Å². The zero-order valence-electron chi connectivity index (χ0n) is 12.4. The van der Waals surface area contributed by atoms with Gasteiger partial charge in [-0.25, -0.2) is 0 Å². The lowest BCUT2D eigenvalue weighted by atomic mass is 10.1. The van der Waals surface area contributed by atoms with Gasteiger partial charge in [-0.3, -0.25) is 9.69 Å². The topological polar surface area (TPSA) is 55.8 Å². The standard InChI is InChI=1S/C15H23N3O2/c1-11-4-5-13(14(19)8-11)15(20)16-9-12-10-17(2)6-7-18(12)3/h4-5,8,12,19H,6-7,9-10H2,1-3H3,(H,16,20). The molecule has 0 aromatic heterocycles. The number of carbonyl (C=O) groups is 1. The summed E-state index contributed by atoms with van der Waals surface area (Å²) in [6.45, 7) is 5.48. The fourth-order valence-electron chi connectivity index (χ4n) is 2.46. The molecule has 0 radical (unpaired) electrons. The summed E-state index contributed by atoms with van der Waals surface area (Å²) < 4.78 is 0. The first kappa shape index (κ1) is 14.8. The van der Waals surface area contributed by atoms with E-state index in [0.717, 1.165) is 25.2 Å². The molecule has 0 aliphatic carbocycles. The zero-order chi connectivity index (χ0) is 14.7. The number of rotatable bonds is 3. The van der Waals surface area contributed by atoms with E-state index in [1.165, 1.54) is 0 Å². The summed E-state index contributed by atoms with van der Waals surface area (Å²) in [5, 5.41) is 12.7. The summed E-state index contributed by atoms with van der Waals surface area (Å²) in [5.74, 6) is -0.180. The largest absolute Gasteiger partial charge is 0.507 e. The molecule has 1 heterocycles. The van der Waals surface area contributed by atoms with Crippen LogP contribution in [0.2, 0.25) is 0 Å². The van der Waals surface area contributed by atoms with Gasteiger partial charge in [0.2, 0.25) is 0 Å². The molecule has 2 rings (SSSR count). The van der Waals surface area contributed by atoms with Crippen molar-refractivity contribution >= 4 is 5.91 Å². The Morgan fingerprint density at radius 2 is 2.15 bits per heavy atom. The average Bonchev–Trinajstić information content (AvgIpc) is 2.39. The number of nitrogens with zero attached hydrogens (tertiary/aromatic N) is 2. The van der Waals surface area contributed by atoms with Crippen LogP contribution in [0.25, 0.3) is 0 Å². The fourth-order valence-corrected chi connectivity index (χ4v) is 2.46. The molecular formula is C15H23N3O2. The number of phenols is 1.